The molecule has 0 spiro atoms. The third-order valence-electron chi connectivity index (χ3n) is 6.58. The van der Waals surface area contributed by atoms with Crippen molar-refractivity contribution >= 4 is 11.6 Å². The molecule has 1 amide bonds. The highest BCUT2D eigenvalue weighted by molar-refractivity contribution is 6.09. The van der Waals surface area contributed by atoms with Crippen molar-refractivity contribution in [3.05, 3.63) is 101 Å². The first kappa shape index (κ1) is 25.7. The maximum atomic E-state index is 14.1. The standard InChI is InChI=1S/C28H24F5N3O2/c1-27(2,18-5-10-23(34-15-18)16-3-4-16)35-24-14-25(17-11-19(29)13-20(30)12-17)36(26(24)37)21-6-8-22(9-7-21)38-28(31,32)33/h5-16,25,35H,3-4H2,1-2H3. The fourth-order valence-electron chi connectivity index (χ4n) is 4.54. The first-order chi connectivity index (χ1) is 17.9. The highest BCUT2D eigenvalue weighted by atomic mass is 19.4. The van der Waals surface area contributed by atoms with Gasteiger partial charge in [-0.15, -0.1) is 13.2 Å². The lowest BCUT2D eigenvalue weighted by Gasteiger charge is -2.29. The molecule has 5 rings (SSSR count). The fourth-order valence-corrected chi connectivity index (χ4v) is 4.54. The van der Waals surface area contributed by atoms with Gasteiger partial charge >= 0.3 is 6.36 Å². The van der Waals surface area contributed by atoms with Crippen LogP contribution in [0, 0.1) is 11.6 Å². The zero-order chi connectivity index (χ0) is 27.2. The summed E-state index contributed by atoms with van der Waals surface area (Å²) in [5.41, 5.74) is 1.67. The molecule has 1 unspecified atom stereocenters. The lowest BCUT2D eigenvalue weighted by molar-refractivity contribution is -0.274. The number of pyridine rings is 1. The Morgan fingerprint density at radius 3 is 2.18 bits per heavy atom. The molecule has 0 saturated heterocycles. The molecule has 5 nitrogen and oxygen atoms in total. The van der Waals surface area contributed by atoms with Crippen LogP contribution in [0.1, 0.15) is 55.5 Å². The van der Waals surface area contributed by atoms with Gasteiger partial charge in [-0.3, -0.25) is 14.7 Å². The molecule has 1 N–H and O–H groups in total. The molecule has 1 atom stereocenters. The van der Waals surface area contributed by atoms with Crippen LogP contribution in [0.4, 0.5) is 27.6 Å². The molecule has 198 valence electrons. The molecule has 0 radical (unpaired) electrons. The summed E-state index contributed by atoms with van der Waals surface area (Å²) < 4.78 is 69.9. The molecule has 1 fully saturated rings. The Labute approximate surface area is 215 Å². The van der Waals surface area contributed by atoms with Crippen molar-refractivity contribution in [1.29, 1.82) is 0 Å². The second kappa shape index (κ2) is 9.41. The zero-order valence-corrected chi connectivity index (χ0v) is 20.5. The van der Waals surface area contributed by atoms with Crippen LogP contribution in [0.25, 0.3) is 0 Å². The van der Waals surface area contributed by atoms with Crippen molar-refractivity contribution < 1.29 is 31.5 Å². The van der Waals surface area contributed by atoms with Crippen molar-refractivity contribution in [1.82, 2.24) is 10.3 Å². The van der Waals surface area contributed by atoms with Crippen molar-refractivity contribution in [2.75, 3.05) is 4.90 Å². The minimum atomic E-state index is -4.87. The van der Waals surface area contributed by atoms with Gasteiger partial charge in [-0.05, 0) is 86.4 Å². The predicted octanol–water partition coefficient (Wildman–Crippen LogP) is 6.63. The van der Waals surface area contributed by atoms with E-state index in [1.807, 2.05) is 26.0 Å². The molecule has 1 aliphatic heterocycles. The van der Waals surface area contributed by atoms with Crippen LogP contribution in [0.2, 0.25) is 0 Å². The number of carbonyl (C=O) groups is 1. The minimum Gasteiger partial charge on any atom is -0.406 e. The minimum absolute atomic E-state index is 0.163. The molecule has 2 aliphatic rings. The largest absolute Gasteiger partial charge is 0.573 e. The van der Waals surface area contributed by atoms with Crippen LogP contribution in [0.15, 0.2) is 72.6 Å². The van der Waals surface area contributed by atoms with Crippen molar-refractivity contribution in [2.45, 2.75) is 50.6 Å². The normalized spacial score (nSPS) is 18.0. The van der Waals surface area contributed by atoms with Gasteiger partial charge in [0.25, 0.3) is 5.91 Å². The number of ether oxygens (including phenoxy) is 1. The summed E-state index contributed by atoms with van der Waals surface area (Å²) in [7, 11) is 0. The summed E-state index contributed by atoms with van der Waals surface area (Å²) in [5.74, 6) is -2.12. The SMILES string of the molecule is CC(C)(NC1=CC(c2cc(F)cc(F)c2)N(c2ccc(OC(F)(F)F)cc2)C1=O)c1ccc(C2CC2)nc1. The monoisotopic (exact) mass is 529 g/mol. The summed E-state index contributed by atoms with van der Waals surface area (Å²) in [6.07, 6.45) is 0.678. The number of aromatic nitrogens is 1. The number of halogens is 5. The van der Waals surface area contributed by atoms with Crippen molar-refractivity contribution in [3.63, 3.8) is 0 Å². The Hall–Kier alpha value is -3.95. The molecular formula is C28H24F5N3O2. The van der Waals surface area contributed by atoms with E-state index in [2.05, 4.69) is 15.0 Å². The highest BCUT2D eigenvalue weighted by Gasteiger charge is 2.38. The van der Waals surface area contributed by atoms with Gasteiger partial charge in [0.1, 0.15) is 17.4 Å². The number of nitrogens with zero attached hydrogens (tertiary/aromatic N) is 2. The van der Waals surface area contributed by atoms with Crippen LogP contribution in [0.3, 0.4) is 0 Å². The summed E-state index contributed by atoms with van der Waals surface area (Å²) in [5, 5.41) is 3.23. The highest BCUT2D eigenvalue weighted by Crippen LogP contribution is 2.40. The predicted molar refractivity (Wildman–Crippen MR) is 130 cm³/mol. The summed E-state index contributed by atoms with van der Waals surface area (Å²) in [6, 6.07) is 10.6. The molecule has 2 aromatic carbocycles. The summed E-state index contributed by atoms with van der Waals surface area (Å²) in [4.78, 5) is 19.4. The Morgan fingerprint density at radius 1 is 0.974 bits per heavy atom. The number of hydrogen-bond donors (Lipinski definition) is 1. The van der Waals surface area contributed by atoms with E-state index >= 15 is 0 Å². The van der Waals surface area contributed by atoms with Crippen LogP contribution < -0.4 is 15.0 Å². The number of carbonyl (C=O) groups excluding carboxylic acids is 1. The lowest BCUT2D eigenvalue weighted by atomic mass is 9.95. The second-order valence-electron chi connectivity index (χ2n) is 9.94. The summed E-state index contributed by atoms with van der Waals surface area (Å²) >= 11 is 0. The maximum Gasteiger partial charge on any atom is 0.573 e. The smallest absolute Gasteiger partial charge is 0.406 e. The van der Waals surface area contributed by atoms with Crippen molar-refractivity contribution in [3.8, 4) is 5.75 Å². The van der Waals surface area contributed by atoms with E-state index in [1.165, 1.54) is 17.0 Å². The van der Waals surface area contributed by atoms with Gasteiger partial charge in [0, 0.05) is 29.6 Å². The van der Waals surface area contributed by atoms with Crippen molar-refractivity contribution in [2.24, 2.45) is 0 Å². The molecule has 1 aromatic heterocycles. The van der Waals surface area contributed by atoms with E-state index in [9.17, 15) is 26.7 Å². The first-order valence-corrected chi connectivity index (χ1v) is 12.0. The van der Waals surface area contributed by atoms with E-state index in [0.717, 1.165) is 54.4 Å². The van der Waals surface area contributed by atoms with Crippen LogP contribution >= 0.6 is 0 Å². The first-order valence-electron chi connectivity index (χ1n) is 12.0. The van der Waals surface area contributed by atoms with E-state index in [1.54, 1.807) is 12.3 Å². The molecule has 1 aliphatic carbocycles. The lowest BCUT2D eigenvalue weighted by Crippen LogP contribution is -2.40. The molecule has 38 heavy (non-hydrogen) atoms. The third kappa shape index (κ3) is 5.49. The van der Waals surface area contributed by atoms with E-state index < -0.39 is 41.2 Å². The van der Waals surface area contributed by atoms with Crippen LogP contribution in [0.5, 0.6) is 5.75 Å². The Morgan fingerprint density at radius 2 is 1.63 bits per heavy atom. The van der Waals surface area contributed by atoms with E-state index in [0.29, 0.717) is 5.92 Å². The third-order valence-corrected chi connectivity index (χ3v) is 6.58. The zero-order valence-electron chi connectivity index (χ0n) is 20.5. The van der Waals surface area contributed by atoms with Gasteiger partial charge in [-0.1, -0.05) is 6.07 Å². The topological polar surface area (TPSA) is 54.5 Å². The van der Waals surface area contributed by atoms with Gasteiger partial charge in [-0.25, -0.2) is 8.78 Å². The number of nitrogens with one attached hydrogen (secondary N) is 1. The molecule has 10 heteroatoms. The maximum absolute atomic E-state index is 14.1. The number of rotatable bonds is 7. The second-order valence-corrected chi connectivity index (χ2v) is 9.94. The molecule has 3 aromatic rings. The number of anilines is 1. The molecular weight excluding hydrogens is 505 g/mol. The van der Waals surface area contributed by atoms with Gasteiger partial charge in [-0.2, -0.15) is 0 Å². The number of hydrogen-bond acceptors (Lipinski definition) is 4. The molecule has 0 bridgehead atoms. The molecule has 2 heterocycles. The van der Waals surface area contributed by atoms with E-state index in [4.69, 9.17) is 0 Å². The Kier molecular flexibility index (Phi) is 6.36. The van der Waals surface area contributed by atoms with Crippen LogP contribution in [-0.2, 0) is 10.3 Å². The van der Waals surface area contributed by atoms with Gasteiger partial charge in [0.05, 0.1) is 17.3 Å². The summed E-state index contributed by atoms with van der Waals surface area (Å²) in [6.45, 7) is 3.75. The fraction of sp³-hybridized carbons (Fsp3) is 0.286. The quantitative estimate of drug-likeness (QED) is 0.349. The van der Waals surface area contributed by atoms with Gasteiger partial charge in [0.15, 0.2) is 0 Å². The van der Waals surface area contributed by atoms with Gasteiger partial charge < -0.3 is 10.1 Å². The number of amides is 1. The number of alkyl halides is 3. The van der Waals surface area contributed by atoms with Gasteiger partial charge in [0.2, 0.25) is 0 Å². The van der Waals surface area contributed by atoms with E-state index in [-0.39, 0.29) is 16.9 Å². The Bertz CT molecular complexity index is 1360. The van der Waals surface area contributed by atoms with Crippen LogP contribution in [-0.4, -0.2) is 17.3 Å². The molecule has 1 saturated carbocycles. The average Bonchev–Trinajstić information content (AvgIpc) is 3.63. The average molecular weight is 530 g/mol. The Balaban J connectivity index is 1.47. The number of benzene rings is 2.